The summed E-state index contributed by atoms with van der Waals surface area (Å²) in [4.78, 5) is 47.1. The number of carbonyl (C=O) groups is 3. The van der Waals surface area contributed by atoms with Crippen LogP contribution in [0.15, 0.2) is 54.1 Å². The van der Waals surface area contributed by atoms with E-state index in [1.165, 1.54) is 4.90 Å². The number of carbonyl (C=O) groups excluding carboxylic acids is 3. The van der Waals surface area contributed by atoms with Gasteiger partial charge in [-0.15, -0.1) is 0 Å². The lowest BCUT2D eigenvalue weighted by molar-refractivity contribution is -0.143. The number of hydrogen-bond donors (Lipinski definition) is 1. The SMILES string of the molecule is CCCN1C(=O)[C@]2(C(=C(O)c3ccc(OCC)cc3)C(=O)C(=O)N2CCCN2CCOCC2)c2ccccc21. The molecule has 0 radical (unpaired) electrons. The van der Waals surface area contributed by atoms with Crippen molar-refractivity contribution >= 4 is 29.0 Å². The summed E-state index contributed by atoms with van der Waals surface area (Å²) in [5.41, 5.74) is -0.376. The molecule has 206 valence electrons. The largest absolute Gasteiger partial charge is 0.507 e. The van der Waals surface area contributed by atoms with Crippen molar-refractivity contribution in [1.29, 1.82) is 0 Å². The highest BCUT2D eigenvalue weighted by molar-refractivity contribution is 6.50. The lowest BCUT2D eigenvalue weighted by atomic mass is 9.82. The van der Waals surface area contributed by atoms with Crippen molar-refractivity contribution in [3.63, 3.8) is 0 Å². The minimum Gasteiger partial charge on any atom is -0.507 e. The molecule has 0 aliphatic carbocycles. The van der Waals surface area contributed by atoms with E-state index in [4.69, 9.17) is 9.47 Å². The normalized spacial score (nSPS) is 22.7. The predicted octanol–water partition coefficient (Wildman–Crippen LogP) is 3.14. The molecule has 1 spiro atoms. The van der Waals surface area contributed by atoms with Gasteiger partial charge in [-0.1, -0.05) is 25.1 Å². The molecule has 2 amide bonds. The predicted molar refractivity (Wildman–Crippen MR) is 147 cm³/mol. The molecule has 2 fully saturated rings. The van der Waals surface area contributed by atoms with Gasteiger partial charge < -0.3 is 24.4 Å². The molecule has 1 atom stereocenters. The van der Waals surface area contributed by atoms with Gasteiger partial charge in [0.05, 0.1) is 31.1 Å². The Bertz CT molecular complexity index is 1280. The topological polar surface area (TPSA) is 99.6 Å². The number of benzene rings is 2. The molecule has 9 nitrogen and oxygen atoms in total. The molecule has 0 saturated carbocycles. The molecule has 3 aliphatic heterocycles. The third kappa shape index (κ3) is 4.49. The molecular formula is C30H35N3O6. The van der Waals surface area contributed by atoms with Gasteiger partial charge in [-0.3, -0.25) is 19.3 Å². The van der Waals surface area contributed by atoms with Crippen LogP contribution in [0.5, 0.6) is 5.75 Å². The number of ketones is 1. The van der Waals surface area contributed by atoms with E-state index in [9.17, 15) is 19.5 Å². The van der Waals surface area contributed by atoms with Crippen LogP contribution < -0.4 is 9.64 Å². The van der Waals surface area contributed by atoms with E-state index in [1.54, 1.807) is 41.3 Å². The Labute approximate surface area is 228 Å². The van der Waals surface area contributed by atoms with Gasteiger partial charge in [-0.05, 0) is 50.1 Å². The second-order valence-electron chi connectivity index (χ2n) is 9.96. The van der Waals surface area contributed by atoms with Crippen molar-refractivity contribution in [1.82, 2.24) is 9.80 Å². The van der Waals surface area contributed by atoms with E-state index >= 15 is 0 Å². The Balaban J connectivity index is 1.62. The van der Waals surface area contributed by atoms with Crippen LogP contribution in [0.3, 0.4) is 0 Å². The van der Waals surface area contributed by atoms with Crippen LogP contribution in [-0.4, -0.2) is 85.0 Å². The fraction of sp³-hybridized carbons (Fsp3) is 0.433. The summed E-state index contributed by atoms with van der Waals surface area (Å²) in [6.07, 6.45) is 1.26. The third-order valence-electron chi connectivity index (χ3n) is 7.65. The number of aliphatic hydroxyl groups is 1. The Morgan fingerprint density at radius 2 is 1.69 bits per heavy atom. The molecule has 9 heteroatoms. The number of ether oxygens (including phenoxy) is 2. The monoisotopic (exact) mass is 533 g/mol. The number of nitrogens with zero attached hydrogens (tertiary/aromatic N) is 3. The second-order valence-corrected chi connectivity index (χ2v) is 9.96. The van der Waals surface area contributed by atoms with E-state index < -0.39 is 17.2 Å². The van der Waals surface area contributed by atoms with Crippen LogP contribution in [0.25, 0.3) is 5.76 Å². The lowest BCUT2D eigenvalue weighted by Crippen LogP contribution is -2.52. The number of aliphatic hydroxyl groups excluding tert-OH is 1. The van der Waals surface area contributed by atoms with Crippen LogP contribution in [0.1, 0.15) is 37.8 Å². The van der Waals surface area contributed by atoms with Gasteiger partial charge >= 0.3 is 0 Å². The number of rotatable bonds is 9. The van der Waals surface area contributed by atoms with Crippen molar-refractivity contribution in [3.8, 4) is 5.75 Å². The zero-order valence-corrected chi connectivity index (χ0v) is 22.5. The van der Waals surface area contributed by atoms with Gasteiger partial charge in [0, 0.05) is 43.9 Å². The minimum absolute atomic E-state index is 0.181. The fourth-order valence-electron chi connectivity index (χ4n) is 5.91. The van der Waals surface area contributed by atoms with E-state index in [2.05, 4.69) is 4.90 Å². The van der Waals surface area contributed by atoms with Crippen molar-refractivity contribution < 1.29 is 29.0 Å². The highest BCUT2D eigenvalue weighted by Gasteiger charge is 2.66. The average molecular weight is 534 g/mol. The van der Waals surface area contributed by atoms with Gasteiger partial charge in [0.1, 0.15) is 11.5 Å². The van der Waals surface area contributed by atoms with E-state index in [1.807, 2.05) is 26.0 Å². The fourth-order valence-corrected chi connectivity index (χ4v) is 5.91. The molecule has 2 aromatic carbocycles. The first kappa shape index (κ1) is 26.9. The van der Waals surface area contributed by atoms with Crippen molar-refractivity contribution in [2.24, 2.45) is 0 Å². The lowest BCUT2D eigenvalue weighted by Gasteiger charge is -2.35. The number of fused-ring (bicyclic) bond motifs is 2. The molecule has 1 N–H and O–H groups in total. The maximum Gasteiger partial charge on any atom is 0.296 e. The van der Waals surface area contributed by atoms with Crippen molar-refractivity contribution in [2.75, 3.05) is 57.4 Å². The van der Waals surface area contributed by atoms with Gasteiger partial charge in [0.15, 0.2) is 5.54 Å². The first-order valence-corrected chi connectivity index (χ1v) is 13.7. The molecule has 0 unspecified atom stereocenters. The first-order chi connectivity index (χ1) is 18.9. The van der Waals surface area contributed by atoms with Crippen LogP contribution in [0.2, 0.25) is 0 Å². The van der Waals surface area contributed by atoms with Crippen LogP contribution in [0.4, 0.5) is 5.69 Å². The summed E-state index contributed by atoms with van der Waals surface area (Å²) in [6, 6.07) is 13.9. The molecule has 2 saturated heterocycles. The Morgan fingerprint density at radius 1 is 0.974 bits per heavy atom. The third-order valence-corrected chi connectivity index (χ3v) is 7.65. The summed E-state index contributed by atoms with van der Waals surface area (Å²) < 4.78 is 10.9. The molecule has 39 heavy (non-hydrogen) atoms. The maximum absolute atomic E-state index is 14.4. The number of hydrogen-bond acceptors (Lipinski definition) is 7. The van der Waals surface area contributed by atoms with Crippen LogP contribution >= 0.6 is 0 Å². The number of Topliss-reactive ketones (excluding diaryl/α,β-unsaturated/α-hetero) is 1. The Morgan fingerprint density at radius 3 is 2.38 bits per heavy atom. The van der Waals surface area contributed by atoms with E-state index in [0.717, 1.165) is 13.1 Å². The average Bonchev–Trinajstić information content (AvgIpc) is 3.33. The van der Waals surface area contributed by atoms with Crippen molar-refractivity contribution in [2.45, 2.75) is 32.2 Å². The van der Waals surface area contributed by atoms with Gasteiger partial charge in [-0.25, -0.2) is 0 Å². The number of para-hydroxylation sites is 1. The number of anilines is 1. The number of amides is 2. The first-order valence-electron chi connectivity index (χ1n) is 13.7. The van der Waals surface area contributed by atoms with E-state index in [0.29, 0.717) is 68.3 Å². The molecule has 3 heterocycles. The molecule has 0 aromatic heterocycles. The molecule has 2 aromatic rings. The highest BCUT2D eigenvalue weighted by atomic mass is 16.5. The van der Waals surface area contributed by atoms with Gasteiger partial charge in [0.25, 0.3) is 17.6 Å². The van der Waals surface area contributed by atoms with E-state index in [-0.39, 0.29) is 23.8 Å². The molecule has 5 rings (SSSR count). The zero-order chi connectivity index (χ0) is 27.6. The standard InChI is InChI=1S/C30H35N3O6/c1-3-14-32-24-9-6-5-8-23(24)30(29(32)37)25(26(34)21-10-12-22(13-11-21)39-4-2)27(35)28(36)33(30)16-7-15-31-17-19-38-20-18-31/h5-6,8-13,34H,3-4,7,14-20H2,1-2H3/t30-/m1/s1. The summed E-state index contributed by atoms with van der Waals surface area (Å²) in [7, 11) is 0. The van der Waals surface area contributed by atoms with Crippen LogP contribution in [-0.2, 0) is 24.7 Å². The second kappa shape index (κ2) is 11.2. The minimum atomic E-state index is -1.73. The van der Waals surface area contributed by atoms with Crippen LogP contribution in [0, 0.1) is 0 Å². The van der Waals surface area contributed by atoms with Crippen molar-refractivity contribution in [3.05, 3.63) is 65.2 Å². The van der Waals surface area contributed by atoms with Gasteiger partial charge in [-0.2, -0.15) is 0 Å². The quantitative estimate of drug-likeness (QED) is 0.300. The smallest absolute Gasteiger partial charge is 0.296 e. The summed E-state index contributed by atoms with van der Waals surface area (Å²) in [5.74, 6) is -1.76. The highest BCUT2D eigenvalue weighted by Crippen LogP contribution is 2.53. The summed E-state index contributed by atoms with van der Waals surface area (Å²) >= 11 is 0. The molecule has 3 aliphatic rings. The number of likely N-dealkylation sites (tertiary alicyclic amines) is 1. The maximum atomic E-state index is 14.4. The summed E-state index contributed by atoms with van der Waals surface area (Å²) in [6.45, 7) is 8.58. The molecule has 0 bridgehead atoms. The Hall–Kier alpha value is -3.69. The van der Waals surface area contributed by atoms with Gasteiger partial charge in [0.2, 0.25) is 0 Å². The number of morpholine rings is 1. The molecular weight excluding hydrogens is 498 g/mol. The summed E-state index contributed by atoms with van der Waals surface area (Å²) in [5, 5.41) is 11.6. The zero-order valence-electron chi connectivity index (χ0n) is 22.5. The Kier molecular flexibility index (Phi) is 7.72.